The number of hydrogen-bond donors (Lipinski definition) is 2. The van der Waals surface area contributed by atoms with E-state index in [0.29, 0.717) is 18.5 Å². The lowest BCUT2D eigenvalue weighted by atomic mass is 10.1. The van der Waals surface area contributed by atoms with E-state index in [1.165, 1.54) is 6.42 Å². The molecule has 0 unspecified atom stereocenters. The van der Waals surface area contributed by atoms with Crippen molar-refractivity contribution in [2.75, 3.05) is 51.5 Å². The van der Waals surface area contributed by atoms with Crippen molar-refractivity contribution in [3.8, 4) is 11.5 Å². The van der Waals surface area contributed by atoms with Gasteiger partial charge in [0.15, 0.2) is 11.5 Å². The average molecular weight is 343 g/mol. The Balaban J connectivity index is 1.70. The zero-order chi connectivity index (χ0) is 17.6. The average Bonchev–Trinajstić information content (AvgIpc) is 3.05. The van der Waals surface area contributed by atoms with Gasteiger partial charge in [0, 0.05) is 37.5 Å². The van der Waals surface area contributed by atoms with Crippen LogP contribution in [0.25, 0.3) is 0 Å². The summed E-state index contributed by atoms with van der Waals surface area (Å²) in [5.74, 6) is 3.30. The van der Waals surface area contributed by atoms with Crippen LogP contribution in [0.4, 0.5) is 17.5 Å². The summed E-state index contributed by atoms with van der Waals surface area (Å²) in [6.07, 6.45) is 2.88. The molecule has 1 aliphatic heterocycles. The maximum absolute atomic E-state index is 6.04. The van der Waals surface area contributed by atoms with E-state index < -0.39 is 0 Å². The third-order valence-corrected chi connectivity index (χ3v) is 4.29. The number of ether oxygens (including phenoxy) is 2. The van der Waals surface area contributed by atoms with Crippen LogP contribution < -0.4 is 20.1 Å². The summed E-state index contributed by atoms with van der Waals surface area (Å²) in [5, 5.41) is 6.20. The van der Waals surface area contributed by atoms with E-state index in [1.807, 2.05) is 31.3 Å². The van der Waals surface area contributed by atoms with Gasteiger partial charge in [-0.3, -0.25) is 0 Å². The summed E-state index contributed by atoms with van der Waals surface area (Å²) in [7, 11) is 5.62. The van der Waals surface area contributed by atoms with Crippen LogP contribution in [0.15, 0.2) is 30.5 Å². The minimum Gasteiger partial charge on any atom is -0.493 e. The van der Waals surface area contributed by atoms with Gasteiger partial charge in [0.2, 0.25) is 5.95 Å². The molecule has 2 N–H and O–H groups in total. The standard InChI is InChI=1S/C18H25N5O2/c1-19-17-6-8-20-18(22-17)21-14-4-5-15(24-3)16(10-14)25-12-13-7-9-23(2)11-13/h4-6,8,10,13H,7,9,11-12H2,1-3H3,(H2,19,20,21,22)/t13-/m0/s1. The number of hydrogen-bond acceptors (Lipinski definition) is 7. The Kier molecular flexibility index (Phi) is 5.55. The highest BCUT2D eigenvalue weighted by Gasteiger charge is 2.20. The van der Waals surface area contributed by atoms with Crippen molar-refractivity contribution in [2.24, 2.45) is 5.92 Å². The first-order valence-electron chi connectivity index (χ1n) is 8.45. The van der Waals surface area contributed by atoms with Crippen molar-refractivity contribution in [3.63, 3.8) is 0 Å². The van der Waals surface area contributed by atoms with Crippen LogP contribution in [0.3, 0.4) is 0 Å². The van der Waals surface area contributed by atoms with Gasteiger partial charge in [-0.05, 0) is 38.2 Å². The first kappa shape index (κ1) is 17.3. The van der Waals surface area contributed by atoms with Crippen LogP contribution in [0.1, 0.15) is 6.42 Å². The predicted molar refractivity (Wildman–Crippen MR) is 99.0 cm³/mol. The fraction of sp³-hybridized carbons (Fsp3) is 0.444. The van der Waals surface area contributed by atoms with Crippen LogP contribution in [-0.2, 0) is 0 Å². The Morgan fingerprint density at radius 3 is 2.88 bits per heavy atom. The van der Waals surface area contributed by atoms with Gasteiger partial charge in [0.25, 0.3) is 0 Å². The minimum atomic E-state index is 0.528. The first-order valence-corrected chi connectivity index (χ1v) is 8.45. The lowest BCUT2D eigenvalue weighted by Crippen LogP contribution is -2.18. The molecule has 1 aromatic carbocycles. The number of rotatable bonds is 7. The zero-order valence-electron chi connectivity index (χ0n) is 15.0. The van der Waals surface area contributed by atoms with Crippen LogP contribution in [0.5, 0.6) is 11.5 Å². The molecule has 2 heterocycles. The number of nitrogens with one attached hydrogen (secondary N) is 2. The molecule has 1 aliphatic rings. The molecule has 0 radical (unpaired) electrons. The molecule has 7 heteroatoms. The van der Waals surface area contributed by atoms with Crippen LogP contribution in [-0.4, -0.2) is 55.8 Å². The maximum atomic E-state index is 6.04. The third-order valence-electron chi connectivity index (χ3n) is 4.29. The summed E-state index contributed by atoms with van der Waals surface area (Å²) in [5.41, 5.74) is 0.854. The highest BCUT2D eigenvalue weighted by Crippen LogP contribution is 2.32. The molecule has 3 rings (SSSR count). The minimum absolute atomic E-state index is 0.528. The van der Waals surface area contributed by atoms with Gasteiger partial charge >= 0.3 is 0 Å². The van der Waals surface area contributed by atoms with Crippen LogP contribution >= 0.6 is 0 Å². The maximum Gasteiger partial charge on any atom is 0.229 e. The summed E-state index contributed by atoms with van der Waals surface area (Å²) in [6.45, 7) is 2.90. The van der Waals surface area contributed by atoms with Crippen molar-refractivity contribution in [2.45, 2.75) is 6.42 Å². The fourth-order valence-electron chi connectivity index (χ4n) is 2.92. The van der Waals surface area contributed by atoms with Crippen molar-refractivity contribution in [3.05, 3.63) is 30.5 Å². The van der Waals surface area contributed by atoms with E-state index >= 15 is 0 Å². The van der Waals surface area contributed by atoms with Gasteiger partial charge in [0.1, 0.15) is 5.82 Å². The Labute approximate surface area is 148 Å². The monoisotopic (exact) mass is 343 g/mol. The summed E-state index contributed by atoms with van der Waals surface area (Å²) >= 11 is 0. The van der Waals surface area contributed by atoms with Crippen molar-refractivity contribution < 1.29 is 9.47 Å². The number of benzene rings is 1. The van der Waals surface area contributed by atoms with Crippen molar-refractivity contribution >= 4 is 17.5 Å². The molecule has 1 fully saturated rings. The molecule has 1 saturated heterocycles. The normalized spacial score (nSPS) is 17.3. The molecule has 134 valence electrons. The van der Waals surface area contributed by atoms with E-state index in [4.69, 9.17) is 9.47 Å². The second kappa shape index (κ2) is 8.02. The Hall–Kier alpha value is -2.54. The van der Waals surface area contributed by atoms with Crippen LogP contribution in [0, 0.1) is 5.92 Å². The van der Waals surface area contributed by atoms with Crippen molar-refractivity contribution in [1.82, 2.24) is 14.9 Å². The number of methoxy groups -OCH3 is 1. The number of aromatic nitrogens is 2. The molecule has 0 spiro atoms. The Bertz CT molecular complexity index is 710. The smallest absolute Gasteiger partial charge is 0.229 e. The highest BCUT2D eigenvalue weighted by molar-refractivity contribution is 5.60. The predicted octanol–water partition coefficient (Wildman–Crippen LogP) is 2.60. The van der Waals surface area contributed by atoms with Gasteiger partial charge in [-0.25, -0.2) is 4.98 Å². The summed E-state index contributed by atoms with van der Waals surface area (Å²) in [6, 6.07) is 7.55. The lowest BCUT2D eigenvalue weighted by Gasteiger charge is -2.16. The highest BCUT2D eigenvalue weighted by atomic mass is 16.5. The number of nitrogens with zero attached hydrogens (tertiary/aromatic N) is 3. The van der Waals surface area contributed by atoms with E-state index in [1.54, 1.807) is 13.3 Å². The summed E-state index contributed by atoms with van der Waals surface area (Å²) < 4.78 is 11.5. The van der Waals surface area contributed by atoms with Crippen LogP contribution in [0.2, 0.25) is 0 Å². The first-order chi connectivity index (χ1) is 12.2. The molecule has 2 aromatic rings. The Morgan fingerprint density at radius 1 is 1.28 bits per heavy atom. The molecule has 1 atom stereocenters. The molecule has 0 saturated carbocycles. The third kappa shape index (κ3) is 4.51. The molecular formula is C18H25N5O2. The molecule has 0 amide bonds. The second-order valence-electron chi connectivity index (χ2n) is 6.23. The Morgan fingerprint density at radius 2 is 2.16 bits per heavy atom. The SMILES string of the molecule is CNc1ccnc(Nc2ccc(OC)c(OC[C@H]3CCN(C)C3)c2)n1. The number of likely N-dealkylation sites (tertiary alicyclic amines) is 1. The van der Waals surface area contributed by atoms with Gasteiger partial charge in [0.05, 0.1) is 13.7 Å². The number of anilines is 3. The van der Waals surface area contributed by atoms with E-state index in [0.717, 1.165) is 36.1 Å². The zero-order valence-corrected chi connectivity index (χ0v) is 15.0. The van der Waals surface area contributed by atoms with Gasteiger partial charge in [-0.1, -0.05) is 0 Å². The van der Waals surface area contributed by atoms with E-state index in [-0.39, 0.29) is 0 Å². The van der Waals surface area contributed by atoms with Gasteiger partial charge < -0.3 is 25.0 Å². The molecule has 0 bridgehead atoms. The van der Waals surface area contributed by atoms with Gasteiger partial charge in [-0.2, -0.15) is 4.98 Å². The largest absolute Gasteiger partial charge is 0.493 e. The van der Waals surface area contributed by atoms with E-state index in [2.05, 4.69) is 32.5 Å². The molecule has 1 aromatic heterocycles. The topological polar surface area (TPSA) is 71.5 Å². The molecule has 7 nitrogen and oxygen atoms in total. The summed E-state index contributed by atoms with van der Waals surface area (Å²) in [4.78, 5) is 10.9. The van der Waals surface area contributed by atoms with Crippen molar-refractivity contribution in [1.29, 1.82) is 0 Å². The second-order valence-corrected chi connectivity index (χ2v) is 6.23. The molecule has 0 aliphatic carbocycles. The lowest BCUT2D eigenvalue weighted by molar-refractivity contribution is 0.238. The molecular weight excluding hydrogens is 318 g/mol. The van der Waals surface area contributed by atoms with E-state index in [9.17, 15) is 0 Å². The molecule has 25 heavy (non-hydrogen) atoms. The quantitative estimate of drug-likeness (QED) is 0.800. The fourth-order valence-corrected chi connectivity index (χ4v) is 2.92. The van der Waals surface area contributed by atoms with Gasteiger partial charge in [-0.15, -0.1) is 0 Å².